The molecule has 0 heterocycles. The Morgan fingerprint density at radius 3 is 2.45 bits per heavy atom. The van der Waals surface area contributed by atoms with Gasteiger partial charge in [0.2, 0.25) is 0 Å². The average molecular weight is 154 g/mol. The molecule has 64 valence electrons. The number of hydrogen-bond acceptors (Lipinski definition) is 1. The van der Waals surface area contributed by atoms with Crippen molar-refractivity contribution in [1.82, 2.24) is 0 Å². The maximum absolute atomic E-state index is 9.15. The van der Waals surface area contributed by atoms with Crippen molar-refractivity contribution in [3.8, 4) is 0 Å². The summed E-state index contributed by atoms with van der Waals surface area (Å²) in [5.41, 5.74) is 1.18. The first kappa shape index (κ1) is 10.4. The van der Waals surface area contributed by atoms with E-state index in [-0.39, 0.29) is 6.10 Å². The third-order valence-electron chi connectivity index (χ3n) is 1.96. The Hall–Kier alpha value is -0.560. The topological polar surface area (TPSA) is 20.2 Å². The molecule has 1 nitrogen and oxygen atoms in total. The number of allylic oxidation sites excluding steroid dienone is 3. The molecule has 0 radical (unpaired) electrons. The van der Waals surface area contributed by atoms with Gasteiger partial charge in [-0.15, -0.1) is 0 Å². The Labute approximate surface area is 69.4 Å². The van der Waals surface area contributed by atoms with Gasteiger partial charge in [0.1, 0.15) is 0 Å². The van der Waals surface area contributed by atoms with Gasteiger partial charge in [-0.05, 0) is 26.2 Å². The maximum atomic E-state index is 9.15. The minimum absolute atomic E-state index is 0.219. The molecule has 0 aliphatic carbocycles. The van der Waals surface area contributed by atoms with Gasteiger partial charge >= 0.3 is 0 Å². The van der Waals surface area contributed by atoms with Crippen molar-refractivity contribution in [3.63, 3.8) is 0 Å². The molecule has 1 N–H and O–H groups in total. The van der Waals surface area contributed by atoms with Crippen molar-refractivity contribution in [2.75, 3.05) is 0 Å². The summed E-state index contributed by atoms with van der Waals surface area (Å²) in [7, 11) is 0. The van der Waals surface area contributed by atoms with E-state index in [1.165, 1.54) is 5.57 Å². The van der Waals surface area contributed by atoms with Crippen LogP contribution in [0.1, 0.15) is 27.2 Å². The number of aliphatic hydroxyl groups excluding tert-OH is 1. The largest absolute Gasteiger partial charge is 0.393 e. The quantitative estimate of drug-likeness (QED) is 0.617. The lowest BCUT2D eigenvalue weighted by molar-refractivity contribution is 0.136. The monoisotopic (exact) mass is 154 g/mol. The summed E-state index contributed by atoms with van der Waals surface area (Å²) in [6, 6.07) is 0. The van der Waals surface area contributed by atoms with Crippen LogP contribution in [-0.2, 0) is 0 Å². The van der Waals surface area contributed by atoms with Gasteiger partial charge in [0.15, 0.2) is 0 Å². The highest BCUT2D eigenvalue weighted by Gasteiger charge is 2.05. The molecule has 2 atom stereocenters. The van der Waals surface area contributed by atoms with Gasteiger partial charge in [-0.2, -0.15) is 0 Å². The van der Waals surface area contributed by atoms with Crippen molar-refractivity contribution in [2.24, 2.45) is 5.92 Å². The summed E-state index contributed by atoms with van der Waals surface area (Å²) in [5.74, 6) is 0.338. The minimum Gasteiger partial charge on any atom is -0.393 e. The molecule has 0 amide bonds. The van der Waals surface area contributed by atoms with E-state index in [0.717, 1.165) is 6.42 Å². The Balaban J connectivity index is 3.77. The zero-order valence-electron chi connectivity index (χ0n) is 7.67. The standard InChI is InChI=1S/C10H18O/c1-5-8(2)6-7-9(3)10(4)11/h5-6,9-11H,1,7H2,2-4H3/b8-6+. The molecule has 0 bridgehead atoms. The van der Waals surface area contributed by atoms with Gasteiger partial charge in [0.25, 0.3) is 0 Å². The lowest BCUT2D eigenvalue weighted by Crippen LogP contribution is -2.11. The van der Waals surface area contributed by atoms with E-state index in [1.54, 1.807) is 0 Å². The van der Waals surface area contributed by atoms with Gasteiger partial charge in [0, 0.05) is 0 Å². The van der Waals surface area contributed by atoms with Crippen LogP contribution in [0.2, 0.25) is 0 Å². The van der Waals surface area contributed by atoms with Gasteiger partial charge in [-0.25, -0.2) is 0 Å². The maximum Gasteiger partial charge on any atom is 0.0540 e. The van der Waals surface area contributed by atoms with Gasteiger partial charge < -0.3 is 5.11 Å². The first-order valence-electron chi connectivity index (χ1n) is 4.05. The van der Waals surface area contributed by atoms with Crippen molar-refractivity contribution in [2.45, 2.75) is 33.3 Å². The first-order valence-corrected chi connectivity index (χ1v) is 4.05. The molecule has 0 rings (SSSR count). The number of aliphatic hydroxyl groups is 1. The van der Waals surface area contributed by atoms with Crippen LogP contribution in [0.3, 0.4) is 0 Å². The summed E-state index contributed by atoms with van der Waals surface area (Å²) >= 11 is 0. The predicted octanol–water partition coefficient (Wildman–Crippen LogP) is 2.53. The van der Waals surface area contributed by atoms with Crippen molar-refractivity contribution in [3.05, 3.63) is 24.3 Å². The van der Waals surface area contributed by atoms with E-state index in [1.807, 2.05) is 26.8 Å². The van der Waals surface area contributed by atoms with Gasteiger partial charge in [0.05, 0.1) is 6.10 Å². The Morgan fingerprint density at radius 2 is 2.09 bits per heavy atom. The zero-order chi connectivity index (χ0) is 8.85. The van der Waals surface area contributed by atoms with Crippen LogP contribution in [0.15, 0.2) is 24.3 Å². The Morgan fingerprint density at radius 1 is 1.55 bits per heavy atom. The van der Waals surface area contributed by atoms with E-state index in [0.29, 0.717) is 5.92 Å². The highest BCUT2D eigenvalue weighted by Crippen LogP contribution is 2.09. The van der Waals surface area contributed by atoms with Crippen molar-refractivity contribution in [1.29, 1.82) is 0 Å². The summed E-state index contributed by atoms with van der Waals surface area (Å²) < 4.78 is 0. The molecule has 0 aromatic carbocycles. The lowest BCUT2D eigenvalue weighted by atomic mass is 10.0. The van der Waals surface area contributed by atoms with Gasteiger partial charge in [-0.1, -0.05) is 31.2 Å². The second-order valence-corrected chi connectivity index (χ2v) is 3.11. The first-order chi connectivity index (χ1) is 5.07. The molecule has 0 aromatic rings. The molecule has 0 aliphatic rings. The normalized spacial score (nSPS) is 17.6. The number of hydrogen-bond donors (Lipinski definition) is 1. The summed E-state index contributed by atoms with van der Waals surface area (Å²) in [6.07, 6.45) is 4.64. The van der Waals surface area contributed by atoms with E-state index >= 15 is 0 Å². The minimum atomic E-state index is -0.219. The van der Waals surface area contributed by atoms with Crippen molar-refractivity contribution < 1.29 is 5.11 Å². The molecule has 0 aromatic heterocycles. The molecule has 0 fully saturated rings. The van der Waals surface area contributed by atoms with Crippen LogP contribution in [0.25, 0.3) is 0 Å². The average Bonchev–Trinajstić information content (AvgIpc) is 1.99. The molecule has 2 unspecified atom stereocenters. The summed E-state index contributed by atoms with van der Waals surface area (Å²) in [5, 5.41) is 9.15. The van der Waals surface area contributed by atoms with Crippen LogP contribution in [-0.4, -0.2) is 11.2 Å². The second-order valence-electron chi connectivity index (χ2n) is 3.11. The van der Waals surface area contributed by atoms with Crippen LogP contribution in [0.4, 0.5) is 0 Å². The molecular formula is C10H18O. The predicted molar refractivity (Wildman–Crippen MR) is 49.4 cm³/mol. The molecule has 1 heteroatoms. The SMILES string of the molecule is C=C/C(C)=C/CC(C)C(C)O. The third kappa shape index (κ3) is 4.79. The smallest absolute Gasteiger partial charge is 0.0540 e. The summed E-state index contributed by atoms with van der Waals surface area (Å²) in [4.78, 5) is 0. The molecule has 0 aliphatic heterocycles. The van der Waals surface area contributed by atoms with Crippen LogP contribution >= 0.6 is 0 Å². The number of rotatable bonds is 4. The second kappa shape index (κ2) is 5.14. The Kier molecular flexibility index (Phi) is 4.88. The van der Waals surface area contributed by atoms with Crippen molar-refractivity contribution >= 4 is 0 Å². The molecular weight excluding hydrogens is 136 g/mol. The fourth-order valence-corrected chi connectivity index (χ4v) is 0.652. The molecule has 0 spiro atoms. The molecule has 0 saturated carbocycles. The van der Waals surface area contributed by atoms with Crippen LogP contribution < -0.4 is 0 Å². The Bertz CT molecular complexity index is 145. The van der Waals surface area contributed by atoms with E-state index in [9.17, 15) is 0 Å². The fraction of sp³-hybridized carbons (Fsp3) is 0.600. The fourth-order valence-electron chi connectivity index (χ4n) is 0.652. The zero-order valence-corrected chi connectivity index (χ0v) is 7.67. The van der Waals surface area contributed by atoms with Gasteiger partial charge in [-0.3, -0.25) is 0 Å². The van der Waals surface area contributed by atoms with Crippen LogP contribution in [0.5, 0.6) is 0 Å². The third-order valence-corrected chi connectivity index (χ3v) is 1.96. The molecule has 0 saturated heterocycles. The van der Waals surface area contributed by atoms with E-state index < -0.39 is 0 Å². The highest BCUT2D eigenvalue weighted by molar-refractivity contribution is 5.12. The van der Waals surface area contributed by atoms with E-state index in [4.69, 9.17) is 5.11 Å². The van der Waals surface area contributed by atoms with E-state index in [2.05, 4.69) is 12.7 Å². The summed E-state index contributed by atoms with van der Waals surface area (Å²) in [6.45, 7) is 9.53. The molecule has 11 heavy (non-hydrogen) atoms. The van der Waals surface area contributed by atoms with Crippen LogP contribution in [0, 0.1) is 5.92 Å². The lowest BCUT2D eigenvalue weighted by Gasteiger charge is -2.11. The highest BCUT2D eigenvalue weighted by atomic mass is 16.3.